The summed E-state index contributed by atoms with van der Waals surface area (Å²) in [5.41, 5.74) is -1.02. The van der Waals surface area contributed by atoms with Crippen LogP contribution in [0.5, 0.6) is 0 Å². The fourth-order valence-electron chi connectivity index (χ4n) is 3.21. The average molecular weight is 428 g/mol. The number of sulfonamides is 1. The smallest absolute Gasteiger partial charge is 0.416 e. The van der Waals surface area contributed by atoms with E-state index >= 15 is 0 Å². The van der Waals surface area contributed by atoms with E-state index in [0.717, 1.165) is 32.1 Å². The van der Waals surface area contributed by atoms with Crippen LogP contribution in [0.1, 0.15) is 28.8 Å². The molecule has 0 saturated carbocycles. The summed E-state index contributed by atoms with van der Waals surface area (Å²) >= 11 is 0. The van der Waals surface area contributed by atoms with E-state index in [9.17, 15) is 26.4 Å². The minimum absolute atomic E-state index is 0.193. The normalized spacial score (nSPS) is 14.7. The first-order valence-electron chi connectivity index (χ1n) is 8.80. The number of rotatable bonds is 5. The fraction of sp³-hybridized carbons (Fsp3) is 0.316. The third-order valence-electron chi connectivity index (χ3n) is 4.60. The van der Waals surface area contributed by atoms with Gasteiger partial charge in [-0.2, -0.15) is 13.2 Å². The van der Waals surface area contributed by atoms with Gasteiger partial charge in [0.15, 0.2) is 0 Å². The van der Waals surface area contributed by atoms with Crippen LogP contribution in [0.2, 0.25) is 0 Å². The summed E-state index contributed by atoms with van der Waals surface area (Å²) in [6.07, 6.45) is -2.91. The number of alkyl halides is 3. The van der Waals surface area contributed by atoms with E-state index in [2.05, 4.69) is 9.46 Å². The molecule has 6 nitrogen and oxygen atoms in total. The Labute approximate surface area is 166 Å². The van der Waals surface area contributed by atoms with Crippen molar-refractivity contribution >= 4 is 27.4 Å². The van der Waals surface area contributed by atoms with Gasteiger partial charge in [0.2, 0.25) is 0 Å². The maximum atomic E-state index is 13.2. The molecule has 1 N–H and O–H groups in total. The van der Waals surface area contributed by atoms with Crippen molar-refractivity contribution in [1.29, 1.82) is 0 Å². The molecule has 0 amide bonds. The lowest BCUT2D eigenvalue weighted by Crippen LogP contribution is -2.23. The molecule has 1 aliphatic rings. The molecule has 1 heterocycles. The van der Waals surface area contributed by atoms with Gasteiger partial charge in [0.1, 0.15) is 4.90 Å². The third-order valence-corrected chi connectivity index (χ3v) is 6.02. The Morgan fingerprint density at radius 2 is 1.76 bits per heavy atom. The van der Waals surface area contributed by atoms with Crippen LogP contribution in [0.25, 0.3) is 0 Å². The van der Waals surface area contributed by atoms with Crippen molar-refractivity contribution in [3.8, 4) is 0 Å². The van der Waals surface area contributed by atoms with Crippen LogP contribution in [-0.2, 0) is 20.9 Å². The van der Waals surface area contributed by atoms with Crippen LogP contribution >= 0.6 is 0 Å². The van der Waals surface area contributed by atoms with Crippen LogP contribution in [-0.4, -0.2) is 34.6 Å². The SMILES string of the molecule is COC(=O)c1ccccc1S(=O)(=O)Nc1cc(C(F)(F)F)ccc1N1CCCC1. The number of esters is 1. The third kappa shape index (κ3) is 4.47. The summed E-state index contributed by atoms with van der Waals surface area (Å²) in [6.45, 7) is 1.22. The number of nitrogens with one attached hydrogen (secondary N) is 1. The molecule has 2 aromatic carbocycles. The number of benzene rings is 2. The van der Waals surface area contributed by atoms with Gasteiger partial charge in [-0.15, -0.1) is 0 Å². The van der Waals surface area contributed by atoms with Gasteiger partial charge in [-0.3, -0.25) is 4.72 Å². The molecule has 0 unspecified atom stereocenters. The second-order valence-electron chi connectivity index (χ2n) is 6.52. The molecular formula is C19H19F3N2O4S. The van der Waals surface area contributed by atoms with Gasteiger partial charge in [0.25, 0.3) is 10.0 Å². The quantitative estimate of drug-likeness (QED) is 0.732. The second-order valence-corrected chi connectivity index (χ2v) is 8.17. The molecule has 3 rings (SSSR count). The average Bonchev–Trinajstić information content (AvgIpc) is 3.21. The molecular weight excluding hydrogens is 409 g/mol. The Kier molecular flexibility index (Phi) is 5.74. The first kappa shape index (κ1) is 21.0. The fourth-order valence-corrected chi connectivity index (χ4v) is 4.47. The highest BCUT2D eigenvalue weighted by molar-refractivity contribution is 7.92. The molecule has 0 bridgehead atoms. The summed E-state index contributed by atoms with van der Waals surface area (Å²) in [5, 5.41) is 0. The van der Waals surface area contributed by atoms with E-state index < -0.39 is 27.7 Å². The number of halogens is 3. The lowest BCUT2D eigenvalue weighted by molar-refractivity contribution is -0.137. The van der Waals surface area contributed by atoms with Crippen molar-refractivity contribution in [2.24, 2.45) is 0 Å². The maximum absolute atomic E-state index is 13.2. The van der Waals surface area contributed by atoms with Crippen LogP contribution in [0, 0.1) is 0 Å². The largest absolute Gasteiger partial charge is 0.465 e. The van der Waals surface area contributed by atoms with Gasteiger partial charge < -0.3 is 9.64 Å². The second kappa shape index (κ2) is 7.94. The van der Waals surface area contributed by atoms with Crippen LogP contribution < -0.4 is 9.62 Å². The Hall–Kier alpha value is -2.75. The van der Waals surface area contributed by atoms with Gasteiger partial charge in [0, 0.05) is 13.1 Å². The highest BCUT2D eigenvalue weighted by atomic mass is 32.2. The lowest BCUT2D eigenvalue weighted by atomic mass is 10.1. The first-order chi connectivity index (χ1) is 13.6. The van der Waals surface area contributed by atoms with E-state index in [-0.39, 0.29) is 16.1 Å². The minimum atomic E-state index is -4.63. The predicted octanol–water partition coefficient (Wildman–Crippen LogP) is 3.89. The molecule has 29 heavy (non-hydrogen) atoms. The van der Waals surface area contributed by atoms with Crippen molar-refractivity contribution in [3.63, 3.8) is 0 Å². The molecule has 1 fully saturated rings. The van der Waals surface area contributed by atoms with E-state index in [1.54, 1.807) is 0 Å². The monoisotopic (exact) mass is 428 g/mol. The maximum Gasteiger partial charge on any atom is 0.416 e. The first-order valence-corrected chi connectivity index (χ1v) is 10.3. The standard InChI is InChI=1S/C19H19F3N2O4S/c1-28-18(25)14-6-2-3-7-17(14)29(26,27)23-15-12-13(19(20,21)22)8-9-16(15)24-10-4-5-11-24/h2-3,6-9,12,23H,4-5,10-11H2,1H3. The predicted molar refractivity (Wildman–Crippen MR) is 101 cm³/mol. The number of ether oxygens (including phenoxy) is 1. The van der Waals surface area contributed by atoms with Crippen LogP contribution in [0.4, 0.5) is 24.5 Å². The van der Waals surface area contributed by atoms with E-state index in [1.165, 1.54) is 30.3 Å². The van der Waals surface area contributed by atoms with Gasteiger partial charge in [0.05, 0.1) is 29.6 Å². The number of hydrogen-bond donors (Lipinski definition) is 1. The molecule has 0 radical (unpaired) electrons. The lowest BCUT2D eigenvalue weighted by Gasteiger charge is -2.23. The molecule has 0 atom stereocenters. The Morgan fingerprint density at radius 1 is 1.10 bits per heavy atom. The Morgan fingerprint density at radius 3 is 2.38 bits per heavy atom. The van der Waals surface area contributed by atoms with E-state index in [1.807, 2.05) is 4.90 Å². The van der Waals surface area contributed by atoms with Crippen molar-refractivity contribution < 1.29 is 31.1 Å². The molecule has 156 valence electrons. The van der Waals surface area contributed by atoms with Crippen molar-refractivity contribution in [1.82, 2.24) is 0 Å². The van der Waals surface area contributed by atoms with Crippen molar-refractivity contribution in [2.75, 3.05) is 29.8 Å². The molecule has 1 saturated heterocycles. The number of hydrogen-bond acceptors (Lipinski definition) is 5. The van der Waals surface area contributed by atoms with Gasteiger partial charge in [-0.25, -0.2) is 13.2 Å². The zero-order chi connectivity index (χ0) is 21.2. The van der Waals surface area contributed by atoms with Crippen molar-refractivity contribution in [3.05, 3.63) is 53.6 Å². The highest BCUT2D eigenvalue weighted by Gasteiger charge is 2.33. The van der Waals surface area contributed by atoms with Gasteiger partial charge in [-0.05, 0) is 43.2 Å². The number of anilines is 2. The highest BCUT2D eigenvalue weighted by Crippen LogP contribution is 2.37. The Balaban J connectivity index is 2.07. The molecule has 2 aromatic rings. The summed E-state index contributed by atoms with van der Waals surface area (Å²) < 4.78 is 72.3. The molecule has 0 aromatic heterocycles. The van der Waals surface area contributed by atoms with Crippen molar-refractivity contribution in [2.45, 2.75) is 23.9 Å². The number of carbonyl (C=O) groups excluding carboxylic acids is 1. The summed E-state index contributed by atoms with van der Waals surface area (Å²) in [4.78, 5) is 13.4. The van der Waals surface area contributed by atoms with E-state index in [4.69, 9.17) is 0 Å². The molecule has 10 heteroatoms. The molecule has 0 spiro atoms. The molecule has 0 aliphatic carbocycles. The van der Waals surface area contributed by atoms with Crippen LogP contribution in [0.15, 0.2) is 47.4 Å². The zero-order valence-electron chi connectivity index (χ0n) is 15.5. The number of nitrogens with zero attached hydrogens (tertiary/aromatic N) is 1. The minimum Gasteiger partial charge on any atom is -0.465 e. The number of methoxy groups -OCH3 is 1. The van der Waals surface area contributed by atoms with Gasteiger partial charge in [-0.1, -0.05) is 12.1 Å². The summed E-state index contributed by atoms with van der Waals surface area (Å²) in [5.74, 6) is -0.866. The molecule has 1 aliphatic heterocycles. The number of carbonyl (C=O) groups is 1. The topological polar surface area (TPSA) is 75.7 Å². The Bertz CT molecular complexity index is 1020. The van der Waals surface area contributed by atoms with Crippen LogP contribution in [0.3, 0.4) is 0 Å². The van der Waals surface area contributed by atoms with E-state index in [0.29, 0.717) is 18.8 Å². The van der Waals surface area contributed by atoms with Gasteiger partial charge >= 0.3 is 12.1 Å². The summed E-state index contributed by atoms with van der Waals surface area (Å²) in [7, 11) is -3.25. The summed E-state index contributed by atoms with van der Waals surface area (Å²) in [6, 6.07) is 8.30. The zero-order valence-corrected chi connectivity index (χ0v) is 16.3.